The first-order valence-electron chi connectivity index (χ1n) is 12.3. The van der Waals surface area contributed by atoms with E-state index in [1.54, 1.807) is 35.7 Å². The van der Waals surface area contributed by atoms with Crippen molar-refractivity contribution in [2.24, 2.45) is 5.92 Å². The molecule has 196 valence electrons. The van der Waals surface area contributed by atoms with E-state index < -0.39 is 21.6 Å². The van der Waals surface area contributed by atoms with E-state index in [0.29, 0.717) is 24.3 Å². The SMILES string of the molecule is COc1cccc(C2(OC(=O)c3ccccc3)CCN(S(=O)(=O)Cc3ccccc3)CC2CN(C)C)c1. The third-order valence-electron chi connectivity index (χ3n) is 6.83. The van der Waals surface area contributed by atoms with Gasteiger partial charge in [0.1, 0.15) is 11.4 Å². The summed E-state index contributed by atoms with van der Waals surface area (Å²) in [5.41, 5.74) is 0.951. The summed E-state index contributed by atoms with van der Waals surface area (Å²) in [6, 6.07) is 25.6. The van der Waals surface area contributed by atoms with Crippen LogP contribution in [0, 0.1) is 5.92 Å². The van der Waals surface area contributed by atoms with Crippen LogP contribution < -0.4 is 4.74 Å². The molecule has 0 radical (unpaired) electrons. The summed E-state index contributed by atoms with van der Waals surface area (Å²) >= 11 is 0. The van der Waals surface area contributed by atoms with Gasteiger partial charge in [-0.1, -0.05) is 60.7 Å². The number of esters is 1. The standard InChI is InChI=1S/C29H34N2O5S/c1-30(2)20-26-21-31(37(33,34)22-23-11-6-4-7-12-23)18-17-29(26,25-15-10-16-27(19-25)35-3)36-28(32)24-13-8-5-9-14-24/h4-16,19,26H,17-18,20-22H2,1-3H3. The average molecular weight is 523 g/mol. The number of carbonyl (C=O) groups is 1. The van der Waals surface area contributed by atoms with Gasteiger partial charge in [0.15, 0.2) is 0 Å². The van der Waals surface area contributed by atoms with Gasteiger partial charge in [-0.3, -0.25) is 0 Å². The Morgan fingerprint density at radius 2 is 1.68 bits per heavy atom. The summed E-state index contributed by atoms with van der Waals surface area (Å²) in [5, 5.41) is 0. The van der Waals surface area contributed by atoms with Gasteiger partial charge in [-0.2, -0.15) is 0 Å². The number of hydrogen-bond acceptors (Lipinski definition) is 6. The Bertz CT molecular complexity index is 1300. The number of benzene rings is 3. The number of rotatable bonds is 9. The van der Waals surface area contributed by atoms with Gasteiger partial charge in [0.2, 0.25) is 10.0 Å². The molecule has 1 saturated heterocycles. The quantitative estimate of drug-likeness (QED) is 0.393. The zero-order valence-corrected chi connectivity index (χ0v) is 22.4. The molecule has 4 rings (SSSR count). The smallest absolute Gasteiger partial charge is 0.339 e. The largest absolute Gasteiger partial charge is 0.497 e. The number of carbonyl (C=O) groups excluding carboxylic acids is 1. The molecule has 0 aromatic heterocycles. The van der Waals surface area contributed by atoms with Gasteiger partial charge in [-0.05, 0) is 49.5 Å². The molecule has 7 nitrogen and oxygen atoms in total. The third kappa shape index (κ3) is 6.21. The van der Waals surface area contributed by atoms with E-state index in [1.807, 2.05) is 79.7 Å². The molecular formula is C29H34N2O5S. The Hall–Kier alpha value is -3.20. The van der Waals surface area contributed by atoms with Crippen LogP contribution in [0.4, 0.5) is 0 Å². The minimum absolute atomic E-state index is 0.0709. The molecule has 0 spiro atoms. The van der Waals surface area contributed by atoms with E-state index in [0.717, 1.165) is 11.1 Å². The number of methoxy groups -OCH3 is 1. The Balaban J connectivity index is 1.73. The normalized spacial score (nSPS) is 20.5. The van der Waals surface area contributed by atoms with Crippen LogP contribution in [0.2, 0.25) is 0 Å². The summed E-state index contributed by atoms with van der Waals surface area (Å²) in [4.78, 5) is 15.4. The van der Waals surface area contributed by atoms with E-state index in [1.165, 1.54) is 0 Å². The maximum Gasteiger partial charge on any atom is 0.339 e. The second-order valence-corrected chi connectivity index (χ2v) is 11.7. The molecule has 3 aromatic rings. The fourth-order valence-corrected chi connectivity index (χ4v) is 6.59. The first-order valence-corrected chi connectivity index (χ1v) is 13.9. The van der Waals surface area contributed by atoms with Crippen molar-refractivity contribution in [1.82, 2.24) is 9.21 Å². The van der Waals surface area contributed by atoms with Crippen molar-refractivity contribution in [2.75, 3.05) is 40.8 Å². The lowest BCUT2D eigenvalue weighted by Gasteiger charge is -2.47. The highest BCUT2D eigenvalue weighted by Crippen LogP contribution is 2.44. The van der Waals surface area contributed by atoms with E-state index >= 15 is 0 Å². The Morgan fingerprint density at radius 1 is 1.00 bits per heavy atom. The monoisotopic (exact) mass is 522 g/mol. The summed E-state index contributed by atoms with van der Waals surface area (Å²) in [7, 11) is 1.89. The molecule has 2 atom stereocenters. The first-order chi connectivity index (χ1) is 17.7. The van der Waals surface area contributed by atoms with Gasteiger partial charge in [0.05, 0.1) is 18.4 Å². The molecular weight excluding hydrogens is 488 g/mol. The van der Waals surface area contributed by atoms with Crippen molar-refractivity contribution in [3.8, 4) is 5.75 Å². The van der Waals surface area contributed by atoms with Crippen molar-refractivity contribution in [1.29, 1.82) is 0 Å². The van der Waals surface area contributed by atoms with Gasteiger partial charge in [0, 0.05) is 32.0 Å². The summed E-state index contributed by atoms with van der Waals surface area (Å²) in [6.45, 7) is 0.988. The van der Waals surface area contributed by atoms with Crippen LogP contribution in [0.1, 0.15) is 27.9 Å². The van der Waals surface area contributed by atoms with Gasteiger partial charge >= 0.3 is 5.97 Å². The van der Waals surface area contributed by atoms with Crippen molar-refractivity contribution >= 4 is 16.0 Å². The fourth-order valence-electron chi connectivity index (χ4n) is 5.01. The number of ether oxygens (including phenoxy) is 2. The Kier molecular flexibility index (Phi) is 8.32. The molecule has 8 heteroatoms. The molecule has 1 heterocycles. The second-order valence-electron chi connectivity index (χ2n) is 9.69. The van der Waals surface area contributed by atoms with Crippen LogP contribution in [-0.2, 0) is 26.1 Å². The highest BCUT2D eigenvalue weighted by atomic mass is 32.2. The zero-order valence-electron chi connectivity index (χ0n) is 21.5. The maximum atomic E-state index is 13.5. The fraction of sp³-hybridized carbons (Fsp3) is 0.345. The van der Waals surface area contributed by atoms with Gasteiger partial charge < -0.3 is 14.4 Å². The van der Waals surface area contributed by atoms with Crippen molar-refractivity contribution in [3.63, 3.8) is 0 Å². The molecule has 2 unspecified atom stereocenters. The average Bonchev–Trinajstić information content (AvgIpc) is 2.90. The topological polar surface area (TPSA) is 76.1 Å². The first kappa shape index (κ1) is 26.9. The maximum absolute atomic E-state index is 13.5. The highest BCUT2D eigenvalue weighted by Gasteiger charge is 2.50. The number of hydrogen-bond donors (Lipinski definition) is 0. The van der Waals surface area contributed by atoms with E-state index in [-0.39, 0.29) is 24.8 Å². The molecule has 0 N–H and O–H groups in total. The van der Waals surface area contributed by atoms with Gasteiger partial charge in [-0.15, -0.1) is 0 Å². The van der Waals surface area contributed by atoms with E-state index in [9.17, 15) is 13.2 Å². The lowest BCUT2D eigenvalue weighted by molar-refractivity contribution is -0.0880. The molecule has 1 aliphatic heterocycles. The molecule has 37 heavy (non-hydrogen) atoms. The minimum Gasteiger partial charge on any atom is -0.497 e. The molecule has 0 bridgehead atoms. The number of nitrogens with zero attached hydrogens (tertiary/aromatic N) is 2. The second kappa shape index (κ2) is 11.5. The van der Waals surface area contributed by atoms with Gasteiger partial charge in [0.25, 0.3) is 0 Å². The zero-order chi connectivity index (χ0) is 26.5. The number of piperidine rings is 1. The van der Waals surface area contributed by atoms with E-state index in [2.05, 4.69) is 0 Å². The lowest BCUT2D eigenvalue weighted by Crippen LogP contribution is -2.56. The van der Waals surface area contributed by atoms with Crippen LogP contribution in [0.25, 0.3) is 0 Å². The third-order valence-corrected chi connectivity index (χ3v) is 8.65. The van der Waals surface area contributed by atoms with Crippen LogP contribution in [0.5, 0.6) is 5.75 Å². The minimum atomic E-state index is -3.58. The lowest BCUT2D eigenvalue weighted by atomic mass is 9.75. The highest BCUT2D eigenvalue weighted by molar-refractivity contribution is 7.88. The molecule has 0 saturated carbocycles. The van der Waals surface area contributed by atoms with Crippen LogP contribution >= 0.6 is 0 Å². The van der Waals surface area contributed by atoms with Crippen LogP contribution in [0.15, 0.2) is 84.9 Å². The molecule has 3 aromatic carbocycles. The van der Waals surface area contributed by atoms with Gasteiger partial charge in [-0.25, -0.2) is 17.5 Å². The summed E-state index contributed by atoms with van der Waals surface area (Å²) in [5.74, 6) is -0.178. The van der Waals surface area contributed by atoms with Crippen LogP contribution in [0.3, 0.4) is 0 Å². The molecule has 0 aliphatic carbocycles. The van der Waals surface area contributed by atoms with Crippen LogP contribution in [-0.4, -0.2) is 64.4 Å². The molecule has 1 fully saturated rings. The molecule has 1 aliphatic rings. The summed E-state index contributed by atoms with van der Waals surface area (Å²) in [6.07, 6.45) is 0.325. The van der Waals surface area contributed by atoms with E-state index in [4.69, 9.17) is 9.47 Å². The predicted octanol–water partition coefficient (Wildman–Crippen LogP) is 4.16. The Labute approximate surface area is 219 Å². The van der Waals surface area contributed by atoms with Crippen molar-refractivity contribution in [2.45, 2.75) is 17.8 Å². The summed E-state index contributed by atoms with van der Waals surface area (Å²) < 4.78 is 40.4. The molecule has 0 amide bonds. The Morgan fingerprint density at radius 3 is 2.32 bits per heavy atom. The van der Waals surface area contributed by atoms with Crippen molar-refractivity contribution in [3.05, 3.63) is 102 Å². The number of sulfonamides is 1. The predicted molar refractivity (Wildman–Crippen MR) is 144 cm³/mol. The van der Waals surface area contributed by atoms with Crippen molar-refractivity contribution < 1.29 is 22.7 Å².